The maximum absolute atomic E-state index is 13.2. The molecule has 160 valence electrons. The van der Waals surface area contributed by atoms with E-state index in [9.17, 15) is 18.4 Å². The highest BCUT2D eigenvalue weighted by atomic mass is 19.3. The zero-order chi connectivity index (χ0) is 22.4. The highest BCUT2D eigenvalue weighted by molar-refractivity contribution is 6.00. The van der Waals surface area contributed by atoms with Crippen molar-refractivity contribution in [2.45, 2.75) is 33.2 Å². The van der Waals surface area contributed by atoms with Gasteiger partial charge in [-0.1, -0.05) is 13.8 Å². The maximum atomic E-state index is 13.2. The maximum Gasteiger partial charge on any atom is 0.261 e. The molecule has 3 heterocycles. The Bertz CT molecular complexity index is 1040. The van der Waals surface area contributed by atoms with Gasteiger partial charge in [0.1, 0.15) is 17.6 Å². The fraction of sp³-hybridized carbons (Fsp3) is 0.286. The second kappa shape index (κ2) is 9.82. The number of nitrogens with zero attached hydrogens (tertiary/aromatic N) is 2. The number of dihydropyridines is 1. The second-order valence-corrected chi connectivity index (χ2v) is 6.18. The van der Waals surface area contributed by atoms with Gasteiger partial charge in [0, 0.05) is 35.8 Å². The van der Waals surface area contributed by atoms with E-state index in [1.54, 1.807) is 19.2 Å². The average Bonchev–Trinajstić information content (AvgIpc) is 2.74. The third-order valence-electron chi connectivity index (χ3n) is 4.28. The number of alkyl halides is 2. The van der Waals surface area contributed by atoms with Gasteiger partial charge in [0.15, 0.2) is 0 Å². The number of pyridine rings is 2. The van der Waals surface area contributed by atoms with E-state index < -0.39 is 18.4 Å². The van der Waals surface area contributed by atoms with Gasteiger partial charge in [0.05, 0.1) is 12.7 Å². The summed E-state index contributed by atoms with van der Waals surface area (Å²) in [4.78, 5) is 28.3. The number of allylic oxidation sites excluding steroid dienone is 1. The zero-order valence-electron chi connectivity index (χ0n) is 17.1. The minimum absolute atomic E-state index is 0.0213. The first-order valence-electron chi connectivity index (χ1n) is 9.32. The van der Waals surface area contributed by atoms with Crippen LogP contribution in [0.25, 0.3) is 11.4 Å². The topological polar surface area (TPSA) is 99.2 Å². The minimum Gasteiger partial charge on any atom is -0.495 e. The molecule has 3 rings (SSSR count). The summed E-state index contributed by atoms with van der Waals surface area (Å²) < 4.78 is 32.9. The molecule has 30 heavy (non-hydrogen) atoms. The molecule has 0 spiro atoms. The van der Waals surface area contributed by atoms with Crippen LogP contribution in [0.15, 0.2) is 53.4 Å². The molecule has 1 atom stereocenters. The number of halogens is 2. The molecule has 0 saturated heterocycles. The number of amides is 1. The number of primary amides is 1. The first kappa shape index (κ1) is 22.8. The number of nitrogens with one attached hydrogen (secondary N) is 1. The molecule has 1 unspecified atom stereocenters. The number of carbonyl (C=O) groups excluding carboxylic acids is 1. The van der Waals surface area contributed by atoms with E-state index >= 15 is 0 Å². The number of nitrogens with two attached hydrogens (primary N) is 1. The van der Waals surface area contributed by atoms with Crippen molar-refractivity contribution in [3.8, 4) is 5.82 Å². The van der Waals surface area contributed by atoms with Gasteiger partial charge in [0.25, 0.3) is 17.9 Å². The van der Waals surface area contributed by atoms with Crippen LogP contribution < -0.4 is 16.6 Å². The molecule has 0 saturated carbocycles. The van der Waals surface area contributed by atoms with Crippen LogP contribution in [0.4, 0.5) is 8.78 Å². The average molecular weight is 418 g/mol. The van der Waals surface area contributed by atoms with Gasteiger partial charge in [-0.2, -0.15) is 0 Å². The Kier molecular flexibility index (Phi) is 7.46. The molecule has 2 aromatic heterocycles. The van der Waals surface area contributed by atoms with Crippen LogP contribution in [0.3, 0.4) is 0 Å². The lowest BCUT2D eigenvalue weighted by Crippen LogP contribution is -2.33. The molecular formula is C21H24F2N4O3. The van der Waals surface area contributed by atoms with Crippen molar-refractivity contribution in [3.63, 3.8) is 0 Å². The molecule has 0 bridgehead atoms. The molecule has 2 aromatic rings. The summed E-state index contributed by atoms with van der Waals surface area (Å²) in [5.74, 6) is -0.324. The van der Waals surface area contributed by atoms with Crippen molar-refractivity contribution >= 4 is 11.5 Å². The second-order valence-electron chi connectivity index (χ2n) is 6.18. The third-order valence-corrected chi connectivity index (χ3v) is 4.28. The number of hydrogen-bond acceptors (Lipinski definition) is 5. The lowest BCUT2D eigenvalue weighted by Gasteiger charge is -2.23. The summed E-state index contributed by atoms with van der Waals surface area (Å²) in [6.07, 6.45) is 2.64. The summed E-state index contributed by atoms with van der Waals surface area (Å²) in [5.41, 5.74) is 6.42. The number of aryl methyl sites for hydroxylation is 1. The number of methoxy groups -OCH3 is 1. The summed E-state index contributed by atoms with van der Waals surface area (Å²) in [5, 5.41) is 2.53. The van der Waals surface area contributed by atoms with E-state index in [1.807, 2.05) is 13.8 Å². The van der Waals surface area contributed by atoms with E-state index in [4.69, 9.17) is 10.5 Å². The molecule has 3 N–H and O–H groups in total. The summed E-state index contributed by atoms with van der Waals surface area (Å²) in [6, 6.07) is 3.33. The van der Waals surface area contributed by atoms with Gasteiger partial charge >= 0.3 is 0 Å². The molecule has 9 heteroatoms. The highest BCUT2D eigenvalue weighted by Gasteiger charge is 2.26. The molecule has 0 radical (unpaired) electrons. The van der Waals surface area contributed by atoms with Crippen LogP contribution in [0.2, 0.25) is 0 Å². The number of aromatic nitrogens is 2. The van der Waals surface area contributed by atoms with E-state index in [1.165, 1.54) is 42.3 Å². The molecule has 1 aliphatic rings. The fourth-order valence-electron chi connectivity index (χ4n) is 2.86. The van der Waals surface area contributed by atoms with Crippen LogP contribution in [0.1, 0.15) is 35.3 Å². The van der Waals surface area contributed by atoms with E-state index in [0.29, 0.717) is 0 Å². The van der Waals surface area contributed by atoms with Gasteiger partial charge in [0.2, 0.25) is 0 Å². The van der Waals surface area contributed by atoms with Crippen molar-refractivity contribution in [2.24, 2.45) is 5.73 Å². The fourth-order valence-corrected chi connectivity index (χ4v) is 2.86. The van der Waals surface area contributed by atoms with E-state index in [0.717, 1.165) is 5.56 Å². The van der Waals surface area contributed by atoms with Crippen LogP contribution in [-0.2, 0) is 4.74 Å². The standard InChI is InChI=1S/C19H18F2N4O3.C2H6/c1-10-3-4-25(17(26)5-10)16-7-11(13(8-24-16)19(22)27)12-6-14(18(20)21)23-9-15(12)28-2;1-2/h3-9,14,18,23H,1-2H3,(H2,22,27);1-2H3. The largest absolute Gasteiger partial charge is 0.495 e. The first-order valence-corrected chi connectivity index (χ1v) is 9.32. The number of rotatable bonds is 5. The Hall–Kier alpha value is -3.49. The SMILES string of the molecule is CC.COC1=CNC(C(F)F)C=C1c1cc(-n2ccc(C)cc2=O)ncc1C(N)=O. The van der Waals surface area contributed by atoms with Gasteiger partial charge in [-0.25, -0.2) is 13.8 Å². The monoisotopic (exact) mass is 418 g/mol. The van der Waals surface area contributed by atoms with Crippen molar-refractivity contribution in [1.29, 1.82) is 0 Å². The smallest absolute Gasteiger partial charge is 0.261 e. The molecular weight excluding hydrogens is 394 g/mol. The Morgan fingerprint density at radius 3 is 2.60 bits per heavy atom. The predicted molar refractivity (Wildman–Crippen MR) is 110 cm³/mol. The quantitative estimate of drug-likeness (QED) is 0.778. The Morgan fingerprint density at radius 1 is 1.33 bits per heavy atom. The van der Waals surface area contributed by atoms with Crippen molar-refractivity contribution in [2.75, 3.05) is 7.11 Å². The molecule has 1 amide bonds. The van der Waals surface area contributed by atoms with Gasteiger partial charge in [-0.3, -0.25) is 14.2 Å². The Labute approximate surface area is 172 Å². The van der Waals surface area contributed by atoms with E-state index in [2.05, 4.69) is 10.3 Å². The van der Waals surface area contributed by atoms with Gasteiger partial charge in [-0.05, 0) is 30.7 Å². The molecule has 1 aliphatic heterocycles. The third kappa shape index (κ3) is 4.73. The van der Waals surface area contributed by atoms with Gasteiger partial charge in [-0.15, -0.1) is 0 Å². The van der Waals surface area contributed by atoms with E-state index in [-0.39, 0.29) is 33.8 Å². The summed E-state index contributed by atoms with van der Waals surface area (Å²) in [7, 11) is 1.38. The lowest BCUT2D eigenvalue weighted by molar-refractivity contribution is 0.0999. The van der Waals surface area contributed by atoms with Gasteiger partial charge < -0.3 is 15.8 Å². The number of hydrogen-bond donors (Lipinski definition) is 2. The van der Waals surface area contributed by atoms with Crippen LogP contribution >= 0.6 is 0 Å². The molecule has 0 fully saturated rings. The highest BCUT2D eigenvalue weighted by Crippen LogP contribution is 2.30. The van der Waals surface area contributed by atoms with Crippen molar-refractivity contribution in [3.05, 3.63) is 75.7 Å². The normalized spacial score (nSPS) is 15.4. The Balaban J connectivity index is 0.00000155. The molecule has 7 nitrogen and oxygen atoms in total. The minimum atomic E-state index is -2.68. The first-order chi connectivity index (χ1) is 14.3. The number of carbonyl (C=O) groups is 1. The number of ether oxygens (including phenoxy) is 1. The summed E-state index contributed by atoms with van der Waals surface area (Å²) in [6.45, 7) is 5.78. The summed E-state index contributed by atoms with van der Waals surface area (Å²) >= 11 is 0. The molecule has 0 aromatic carbocycles. The predicted octanol–water partition coefficient (Wildman–Crippen LogP) is 2.77. The molecule has 0 aliphatic carbocycles. The van der Waals surface area contributed by atoms with Crippen LogP contribution in [0, 0.1) is 6.92 Å². The van der Waals surface area contributed by atoms with Crippen LogP contribution in [0.5, 0.6) is 0 Å². The van der Waals surface area contributed by atoms with Crippen molar-refractivity contribution in [1.82, 2.24) is 14.9 Å². The Morgan fingerprint density at radius 2 is 2.03 bits per heavy atom. The van der Waals surface area contributed by atoms with Crippen LogP contribution in [-0.4, -0.2) is 35.0 Å². The lowest BCUT2D eigenvalue weighted by atomic mass is 9.95. The zero-order valence-corrected chi connectivity index (χ0v) is 17.1. The van der Waals surface area contributed by atoms with Crippen molar-refractivity contribution < 1.29 is 18.3 Å².